The van der Waals surface area contributed by atoms with Gasteiger partial charge in [-0.3, -0.25) is 4.90 Å². The fourth-order valence-corrected chi connectivity index (χ4v) is 2.20. The van der Waals surface area contributed by atoms with E-state index in [1.165, 1.54) is 19.4 Å². The van der Waals surface area contributed by atoms with Gasteiger partial charge in [0.1, 0.15) is 0 Å². The fraction of sp³-hybridized carbons (Fsp3) is 1.00. The summed E-state index contributed by atoms with van der Waals surface area (Å²) in [4.78, 5) is 2.53. The zero-order valence-electron chi connectivity index (χ0n) is 6.59. The number of rotatable bonds is 1. The predicted octanol–water partition coefficient (Wildman–Crippen LogP) is 0.428. The molecule has 3 unspecified atom stereocenters. The molecule has 2 N–H and O–H groups in total. The van der Waals surface area contributed by atoms with E-state index in [-0.39, 0.29) is 0 Å². The minimum Gasteiger partial charge on any atom is -0.327 e. The lowest BCUT2D eigenvalue weighted by Crippen LogP contribution is -2.43. The third-order valence-corrected chi connectivity index (χ3v) is 2.83. The zero-order valence-corrected chi connectivity index (χ0v) is 6.59. The first-order valence-corrected chi connectivity index (χ1v) is 4.31. The number of piperidine rings is 1. The highest BCUT2D eigenvalue weighted by atomic mass is 15.2. The van der Waals surface area contributed by atoms with E-state index in [4.69, 9.17) is 5.73 Å². The van der Waals surface area contributed by atoms with Gasteiger partial charge in [0, 0.05) is 18.6 Å². The number of fused-ring (bicyclic) bond motifs is 1. The third-order valence-electron chi connectivity index (χ3n) is 2.83. The van der Waals surface area contributed by atoms with E-state index >= 15 is 0 Å². The van der Waals surface area contributed by atoms with Crippen molar-refractivity contribution in [2.24, 2.45) is 11.7 Å². The highest BCUT2D eigenvalue weighted by Gasteiger charge is 2.45. The number of likely N-dealkylation sites (N-methyl/N-ethyl adjacent to an activating group) is 1. The molecule has 2 fully saturated rings. The van der Waals surface area contributed by atoms with Gasteiger partial charge in [-0.1, -0.05) is 6.92 Å². The summed E-state index contributed by atoms with van der Waals surface area (Å²) in [6, 6.07) is 1.38. The van der Waals surface area contributed by atoms with Crippen LogP contribution < -0.4 is 5.73 Å². The van der Waals surface area contributed by atoms with Crippen LogP contribution in [0.1, 0.15) is 19.8 Å². The van der Waals surface area contributed by atoms with Gasteiger partial charge in [-0.05, 0) is 25.3 Å². The standard InChI is InChI=1S/C8H16N2/c1-2-10-5-7(9)3-6-4-8(6)10/h6-8H,2-5,9H2,1H3. The smallest absolute Gasteiger partial charge is 0.0171 e. The maximum atomic E-state index is 5.88. The summed E-state index contributed by atoms with van der Waals surface area (Å²) in [5.74, 6) is 0.962. The monoisotopic (exact) mass is 140 g/mol. The van der Waals surface area contributed by atoms with E-state index in [0.29, 0.717) is 6.04 Å². The second-order valence-corrected chi connectivity index (χ2v) is 3.65. The van der Waals surface area contributed by atoms with E-state index in [2.05, 4.69) is 11.8 Å². The van der Waals surface area contributed by atoms with Gasteiger partial charge >= 0.3 is 0 Å². The maximum absolute atomic E-state index is 5.88. The summed E-state index contributed by atoms with van der Waals surface area (Å²) in [6.45, 7) is 4.56. The summed E-state index contributed by atoms with van der Waals surface area (Å²) >= 11 is 0. The number of nitrogens with zero attached hydrogens (tertiary/aromatic N) is 1. The molecule has 0 amide bonds. The molecular weight excluding hydrogens is 124 g/mol. The largest absolute Gasteiger partial charge is 0.327 e. The first-order chi connectivity index (χ1) is 4.81. The van der Waals surface area contributed by atoms with Crippen molar-refractivity contribution in [1.29, 1.82) is 0 Å². The lowest BCUT2D eigenvalue weighted by Gasteiger charge is -2.29. The molecule has 1 saturated heterocycles. The van der Waals surface area contributed by atoms with Crippen molar-refractivity contribution in [3.8, 4) is 0 Å². The van der Waals surface area contributed by atoms with Crippen LogP contribution in [0.15, 0.2) is 0 Å². The molecular formula is C8H16N2. The third kappa shape index (κ3) is 0.956. The van der Waals surface area contributed by atoms with Crippen LogP contribution in [0.25, 0.3) is 0 Å². The van der Waals surface area contributed by atoms with Crippen molar-refractivity contribution in [3.63, 3.8) is 0 Å². The number of hydrogen-bond acceptors (Lipinski definition) is 2. The summed E-state index contributed by atoms with van der Waals surface area (Å²) in [5.41, 5.74) is 5.88. The maximum Gasteiger partial charge on any atom is 0.0171 e. The van der Waals surface area contributed by atoms with Gasteiger partial charge in [-0.25, -0.2) is 0 Å². The Hall–Kier alpha value is -0.0800. The molecule has 0 aromatic heterocycles. The van der Waals surface area contributed by atoms with Crippen LogP contribution in [-0.2, 0) is 0 Å². The zero-order chi connectivity index (χ0) is 7.14. The Kier molecular flexibility index (Phi) is 1.46. The first kappa shape index (κ1) is 6.62. The molecule has 2 rings (SSSR count). The number of hydrogen-bond donors (Lipinski definition) is 1. The number of likely N-dealkylation sites (tertiary alicyclic amines) is 1. The first-order valence-electron chi connectivity index (χ1n) is 4.31. The van der Waals surface area contributed by atoms with Crippen LogP contribution in [0.2, 0.25) is 0 Å². The molecule has 1 saturated carbocycles. The van der Waals surface area contributed by atoms with Crippen molar-refractivity contribution in [1.82, 2.24) is 4.90 Å². The molecule has 0 spiro atoms. The van der Waals surface area contributed by atoms with Crippen LogP contribution in [0.5, 0.6) is 0 Å². The summed E-state index contributed by atoms with van der Waals surface area (Å²) in [7, 11) is 0. The molecule has 2 nitrogen and oxygen atoms in total. The van der Waals surface area contributed by atoms with E-state index < -0.39 is 0 Å². The molecule has 2 aliphatic rings. The average molecular weight is 140 g/mol. The van der Waals surface area contributed by atoms with Crippen molar-refractivity contribution in [2.45, 2.75) is 31.8 Å². The van der Waals surface area contributed by atoms with Crippen molar-refractivity contribution in [3.05, 3.63) is 0 Å². The Labute approximate surface area is 62.4 Å². The molecule has 2 heteroatoms. The van der Waals surface area contributed by atoms with E-state index in [0.717, 1.165) is 18.5 Å². The second kappa shape index (κ2) is 2.21. The minimum atomic E-state index is 0.462. The molecule has 0 bridgehead atoms. The Morgan fingerprint density at radius 1 is 1.50 bits per heavy atom. The van der Waals surface area contributed by atoms with Crippen LogP contribution in [0.4, 0.5) is 0 Å². The van der Waals surface area contributed by atoms with Gasteiger partial charge in [0.05, 0.1) is 0 Å². The van der Waals surface area contributed by atoms with Crippen LogP contribution >= 0.6 is 0 Å². The molecule has 3 atom stereocenters. The van der Waals surface area contributed by atoms with Gasteiger partial charge in [-0.2, -0.15) is 0 Å². The summed E-state index contributed by atoms with van der Waals surface area (Å²) in [5, 5.41) is 0. The highest BCUT2D eigenvalue weighted by Crippen LogP contribution is 2.42. The molecule has 58 valence electrons. The minimum absolute atomic E-state index is 0.462. The predicted molar refractivity (Wildman–Crippen MR) is 41.7 cm³/mol. The Morgan fingerprint density at radius 3 is 3.00 bits per heavy atom. The Balaban J connectivity index is 1.96. The van der Waals surface area contributed by atoms with Crippen molar-refractivity contribution >= 4 is 0 Å². The van der Waals surface area contributed by atoms with Crippen LogP contribution in [0, 0.1) is 5.92 Å². The molecule has 1 aliphatic carbocycles. The normalized spacial score (nSPS) is 46.8. The van der Waals surface area contributed by atoms with E-state index in [1.807, 2.05) is 0 Å². The lowest BCUT2D eigenvalue weighted by molar-refractivity contribution is 0.207. The topological polar surface area (TPSA) is 29.3 Å². The number of nitrogens with two attached hydrogens (primary N) is 1. The molecule has 0 aromatic carbocycles. The molecule has 1 heterocycles. The Bertz CT molecular complexity index is 135. The van der Waals surface area contributed by atoms with Gasteiger partial charge in [0.25, 0.3) is 0 Å². The summed E-state index contributed by atoms with van der Waals surface area (Å²) in [6.07, 6.45) is 2.70. The Morgan fingerprint density at radius 2 is 2.30 bits per heavy atom. The van der Waals surface area contributed by atoms with Gasteiger partial charge in [0.15, 0.2) is 0 Å². The van der Waals surface area contributed by atoms with Crippen molar-refractivity contribution in [2.75, 3.05) is 13.1 Å². The quantitative estimate of drug-likeness (QED) is 0.572. The van der Waals surface area contributed by atoms with E-state index in [1.54, 1.807) is 0 Å². The molecule has 0 radical (unpaired) electrons. The second-order valence-electron chi connectivity index (χ2n) is 3.65. The van der Waals surface area contributed by atoms with Crippen molar-refractivity contribution < 1.29 is 0 Å². The van der Waals surface area contributed by atoms with Gasteiger partial charge in [0.2, 0.25) is 0 Å². The average Bonchev–Trinajstić information content (AvgIpc) is 2.64. The SMILES string of the molecule is CCN1CC(N)CC2CC21. The van der Waals surface area contributed by atoms with Gasteiger partial charge in [-0.15, -0.1) is 0 Å². The molecule has 10 heavy (non-hydrogen) atoms. The van der Waals surface area contributed by atoms with Crippen LogP contribution in [-0.4, -0.2) is 30.1 Å². The summed E-state index contributed by atoms with van der Waals surface area (Å²) < 4.78 is 0. The fourth-order valence-electron chi connectivity index (χ4n) is 2.20. The van der Waals surface area contributed by atoms with E-state index in [9.17, 15) is 0 Å². The van der Waals surface area contributed by atoms with Gasteiger partial charge < -0.3 is 5.73 Å². The lowest BCUT2D eigenvalue weighted by atomic mass is 10.1. The molecule has 1 aliphatic heterocycles. The van der Waals surface area contributed by atoms with Crippen LogP contribution in [0.3, 0.4) is 0 Å². The highest BCUT2D eigenvalue weighted by molar-refractivity contribution is 5.01. The molecule has 0 aromatic rings.